The van der Waals surface area contributed by atoms with Gasteiger partial charge in [-0.15, -0.1) is 10.1 Å². The summed E-state index contributed by atoms with van der Waals surface area (Å²) in [5.41, 5.74) is 0.793. The second kappa shape index (κ2) is 12.8. The number of benzene rings is 2. The van der Waals surface area contributed by atoms with E-state index in [1.54, 1.807) is 36.9 Å². The minimum absolute atomic E-state index is 0.000684. The maximum atomic E-state index is 12.7. The molecule has 0 spiro atoms. The quantitative estimate of drug-likeness (QED) is 0.0920. The lowest BCUT2D eigenvalue weighted by atomic mass is 9.97. The molecular formula is C19H21IN2O7S2. The SMILES string of the molecule is COc1ccc2cc(C(C)C(=O)N(I)C(=O)OCCSSCCO[N+](=O)[O-])ccc2c1. The Morgan fingerprint density at radius 2 is 1.77 bits per heavy atom. The van der Waals surface area contributed by atoms with Gasteiger partial charge in [-0.05, 0) is 35.4 Å². The molecule has 2 amide bonds. The van der Waals surface area contributed by atoms with Gasteiger partial charge in [0, 0.05) is 11.5 Å². The van der Waals surface area contributed by atoms with Crippen molar-refractivity contribution in [3.63, 3.8) is 0 Å². The third-order valence-corrected chi connectivity index (χ3v) is 7.34. The van der Waals surface area contributed by atoms with Crippen LogP contribution in [0.15, 0.2) is 36.4 Å². The van der Waals surface area contributed by atoms with Crippen LogP contribution in [0.25, 0.3) is 10.8 Å². The van der Waals surface area contributed by atoms with Crippen molar-refractivity contribution >= 4 is 67.2 Å². The summed E-state index contributed by atoms with van der Waals surface area (Å²) < 4.78 is 11.3. The maximum absolute atomic E-state index is 12.7. The summed E-state index contributed by atoms with van der Waals surface area (Å²) in [4.78, 5) is 39.1. The molecule has 0 heterocycles. The third kappa shape index (κ3) is 7.92. The van der Waals surface area contributed by atoms with Crippen LogP contribution in [0.1, 0.15) is 18.4 Å². The molecule has 0 aliphatic rings. The lowest BCUT2D eigenvalue weighted by molar-refractivity contribution is -0.756. The fourth-order valence-electron chi connectivity index (χ4n) is 2.52. The zero-order valence-corrected chi connectivity index (χ0v) is 20.6. The van der Waals surface area contributed by atoms with Crippen molar-refractivity contribution in [2.24, 2.45) is 0 Å². The van der Waals surface area contributed by atoms with Crippen molar-refractivity contribution in [2.75, 3.05) is 31.8 Å². The summed E-state index contributed by atoms with van der Waals surface area (Å²) >= 11 is 1.65. The average Bonchev–Trinajstić information content (AvgIpc) is 2.78. The molecule has 0 N–H and O–H groups in total. The van der Waals surface area contributed by atoms with Crippen LogP contribution in [0.4, 0.5) is 4.79 Å². The molecule has 2 aromatic carbocycles. The summed E-state index contributed by atoms with van der Waals surface area (Å²) in [6, 6.07) is 11.4. The van der Waals surface area contributed by atoms with E-state index in [1.165, 1.54) is 21.6 Å². The largest absolute Gasteiger partial charge is 0.497 e. The fraction of sp³-hybridized carbons (Fsp3) is 0.368. The topological polar surface area (TPSA) is 108 Å². The molecule has 0 bridgehead atoms. The van der Waals surface area contributed by atoms with Crippen molar-refractivity contribution in [3.8, 4) is 5.75 Å². The van der Waals surface area contributed by atoms with Crippen LogP contribution in [0.3, 0.4) is 0 Å². The van der Waals surface area contributed by atoms with E-state index in [-0.39, 0.29) is 19.1 Å². The van der Waals surface area contributed by atoms with Crippen LogP contribution in [0.2, 0.25) is 0 Å². The molecule has 1 atom stereocenters. The zero-order chi connectivity index (χ0) is 22.8. The van der Waals surface area contributed by atoms with Gasteiger partial charge in [-0.1, -0.05) is 45.9 Å². The number of fused-ring (bicyclic) bond motifs is 1. The van der Waals surface area contributed by atoms with Crippen molar-refractivity contribution in [2.45, 2.75) is 12.8 Å². The summed E-state index contributed by atoms with van der Waals surface area (Å²) in [6.07, 6.45) is -0.731. The molecule has 0 aliphatic carbocycles. The Hall–Kier alpha value is -1.93. The van der Waals surface area contributed by atoms with Gasteiger partial charge in [0.25, 0.3) is 5.09 Å². The van der Waals surface area contributed by atoms with Crippen LogP contribution in [0.5, 0.6) is 5.75 Å². The molecule has 9 nitrogen and oxygen atoms in total. The van der Waals surface area contributed by atoms with E-state index in [1.807, 2.05) is 36.4 Å². The van der Waals surface area contributed by atoms with E-state index in [0.29, 0.717) is 11.5 Å². The normalized spacial score (nSPS) is 11.6. The zero-order valence-electron chi connectivity index (χ0n) is 16.8. The fourth-order valence-corrected chi connectivity index (χ4v) is 4.73. The van der Waals surface area contributed by atoms with Crippen LogP contribution in [-0.2, 0) is 14.4 Å². The number of rotatable bonds is 11. The molecule has 2 aromatic rings. The van der Waals surface area contributed by atoms with Crippen LogP contribution < -0.4 is 4.74 Å². The first kappa shape index (κ1) is 25.3. The van der Waals surface area contributed by atoms with E-state index in [4.69, 9.17) is 9.47 Å². The summed E-state index contributed by atoms with van der Waals surface area (Å²) in [6.45, 7) is 1.86. The minimum atomic E-state index is -0.838. The maximum Gasteiger partial charge on any atom is 0.425 e. The Kier molecular flexibility index (Phi) is 10.5. The molecule has 0 aliphatic heterocycles. The molecule has 1 unspecified atom stereocenters. The lowest BCUT2D eigenvalue weighted by Gasteiger charge is -2.18. The number of halogens is 1. The van der Waals surface area contributed by atoms with Gasteiger partial charge < -0.3 is 14.3 Å². The first-order valence-corrected chi connectivity index (χ1v) is 12.5. The first-order chi connectivity index (χ1) is 14.8. The Morgan fingerprint density at radius 1 is 1.13 bits per heavy atom. The van der Waals surface area contributed by atoms with Gasteiger partial charge in [-0.2, -0.15) is 3.11 Å². The second-order valence-corrected chi connectivity index (χ2v) is 9.80. The molecule has 0 radical (unpaired) electrons. The highest BCUT2D eigenvalue weighted by atomic mass is 127. The molecule has 2 rings (SSSR count). The number of ether oxygens (including phenoxy) is 2. The summed E-state index contributed by atoms with van der Waals surface area (Å²) in [7, 11) is 4.38. The number of hydrogen-bond acceptors (Lipinski definition) is 9. The number of methoxy groups -OCH3 is 1. The Balaban J connectivity index is 1.81. The van der Waals surface area contributed by atoms with Crippen molar-refractivity contribution in [1.29, 1.82) is 0 Å². The monoisotopic (exact) mass is 580 g/mol. The van der Waals surface area contributed by atoms with E-state index in [2.05, 4.69) is 4.84 Å². The molecule has 0 saturated heterocycles. The number of nitrogens with zero attached hydrogens (tertiary/aromatic N) is 2. The smallest absolute Gasteiger partial charge is 0.425 e. The highest BCUT2D eigenvalue weighted by molar-refractivity contribution is 14.1. The Bertz CT molecular complexity index is 931. The lowest BCUT2D eigenvalue weighted by Crippen LogP contribution is -2.32. The van der Waals surface area contributed by atoms with Crippen molar-refractivity contribution in [3.05, 3.63) is 52.1 Å². The van der Waals surface area contributed by atoms with Crippen molar-refractivity contribution in [1.82, 2.24) is 3.11 Å². The number of hydrogen-bond donors (Lipinski definition) is 0. The van der Waals surface area contributed by atoms with E-state index in [9.17, 15) is 19.7 Å². The molecular weight excluding hydrogens is 559 g/mol. The van der Waals surface area contributed by atoms with E-state index >= 15 is 0 Å². The van der Waals surface area contributed by atoms with Gasteiger partial charge in [0.1, 0.15) is 19.0 Å². The van der Waals surface area contributed by atoms with Gasteiger partial charge in [-0.25, -0.2) is 4.79 Å². The minimum Gasteiger partial charge on any atom is -0.497 e. The number of amides is 2. The second-order valence-electron chi connectivity index (χ2n) is 6.13. The highest BCUT2D eigenvalue weighted by Gasteiger charge is 2.26. The number of imide groups is 1. The average molecular weight is 580 g/mol. The molecule has 0 aromatic heterocycles. The molecule has 0 saturated carbocycles. The summed E-state index contributed by atoms with van der Waals surface area (Å²) in [5.74, 6) is 0.774. The molecule has 12 heteroatoms. The molecule has 31 heavy (non-hydrogen) atoms. The Morgan fingerprint density at radius 3 is 2.45 bits per heavy atom. The van der Waals surface area contributed by atoms with Gasteiger partial charge >= 0.3 is 6.09 Å². The third-order valence-electron chi connectivity index (χ3n) is 4.13. The summed E-state index contributed by atoms with van der Waals surface area (Å²) in [5, 5.41) is 11.1. The highest BCUT2D eigenvalue weighted by Crippen LogP contribution is 2.27. The van der Waals surface area contributed by atoms with Gasteiger partial charge in [0.15, 0.2) is 0 Å². The van der Waals surface area contributed by atoms with Gasteiger partial charge in [0.2, 0.25) is 5.91 Å². The number of carbonyl (C=O) groups excluding carboxylic acids is 2. The first-order valence-electron chi connectivity index (χ1n) is 9.09. The Labute approximate surface area is 201 Å². The van der Waals surface area contributed by atoms with Crippen LogP contribution in [-0.4, -0.2) is 52.0 Å². The van der Waals surface area contributed by atoms with Gasteiger partial charge in [0.05, 0.1) is 35.9 Å². The van der Waals surface area contributed by atoms with E-state index < -0.39 is 17.1 Å². The predicted octanol–water partition coefficient (Wildman–Crippen LogP) is 4.86. The van der Waals surface area contributed by atoms with Crippen LogP contribution in [0, 0.1) is 10.1 Å². The molecule has 168 valence electrons. The molecule has 0 fully saturated rings. The predicted molar refractivity (Wildman–Crippen MR) is 129 cm³/mol. The van der Waals surface area contributed by atoms with E-state index in [0.717, 1.165) is 25.2 Å². The van der Waals surface area contributed by atoms with Gasteiger partial charge in [-0.3, -0.25) is 4.79 Å². The number of carbonyl (C=O) groups is 2. The van der Waals surface area contributed by atoms with Crippen LogP contribution >= 0.6 is 44.5 Å². The standard InChI is InChI=1S/C19H21IN2O7S2/c1-13(14-3-4-16-12-17(27-2)6-5-15(16)11-14)18(23)21(20)19(24)28-7-9-30-31-10-8-29-22(25)26/h3-6,11-13H,7-10H2,1-2H3. The van der Waals surface area contributed by atoms with Crippen molar-refractivity contribution < 1.29 is 29.0 Å².